The second kappa shape index (κ2) is 5.13. The minimum absolute atomic E-state index is 0.650. The molecule has 0 aliphatic carbocycles. The largest absolute Gasteiger partial charge is 0.414 e. The fraction of sp³-hybridized carbons (Fsp3) is 1.00. The van der Waals surface area contributed by atoms with Crippen LogP contribution in [-0.2, 0) is 9.16 Å². The van der Waals surface area contributed by atoms with Gasteiger partial charge in [0.2, 0.25) is 8.32 Å². The molecule has 0 amide bonds. The Balaban J connectivity index is 3.28. The number of ether oxygens (including phenoxy) is 1. The molecule has 0 N–H and O–H groups in total. The van der Waals surface area contributed by atoms with Crippen molar-refractivity contribution in [2.45, 2.75) is 13.1 Å². The Morgan fingerprint density at radius 3 is 2.30 bits per heavy atom. The molecule has 0 saturated heterocycles. The lowest BCUT2D eigenvalue weighted by atomic mass is 10.8. The number of hydrogen-bond acceptors (Lipinski definition) is 2. The number of hydrogen-bond donors (Lipinski definition) is 0. The number of halogens is 1. The normalized spacial score (nSPS) is 12.0. The molecular weight excluding hydrogens is 168 g/mol. The fourth-order valence-electron chi connectivity index (χ4n) is 0.440. The zero-order chi connectivity index (χ0) is 8.04. The topological polar surface area (TPSA) is 18.5 Å². The summed E-state index contributed by atoms with van der Waals surface area (Å²) < 4.78 is 10.3. The van der Waals surface area contributed by atoms with Crippen molar-refractivity contribution >= 4 is 19.9 Å². The van der Waals surface area contributed by atoms with E-state index in [0.29, 0.717) is 18.7 Å². The molecule has 0 aliphatic rings. The Hall–Kier alpha value is 0.427. The SMILES string of the molecule is COCCO[Si](C)(C)CCl. The summed E-state index contributed by atoms with van der Waals surface area (Å²) in [7, 11) is 0.136. The van der Waals surface area contributed by atoms with E-state index in [1.54, 1.807) is 7.11 Å². The van der Waals surface area contributed by atoms with Gasteiger partial charge in [0.05, 0.1) is 13.2 Å². The van der Waals surface area contributed by atoms with E-state index >= 15 is 0 Å². The lowest BCUT2D eigenvalue weighted by molar-refractivity contribution is 0.143. The summed E-state index contributed by atoms with van der Waals surface area (Å²) in [4.78, 5) is 0. The zero-order valence-electron chi connectivity index (χ0n) is 6.82. The molecule has 0 spiro atoms. The van der Waals surface area contributed by atoms with E-state index in [9.17, 15) is 0 Å². The highest BCUT2D eigenvalue weighted by molar-refractivity contribution is 6.77. The molecule has 0 atom stereocenters. The summed E-state index contributed by atoms with van der Waals surface area (Å²) >= 11 is 5.67. The molecule has 0 aromatic rings. The van der Waals surface area contributed by atoms with Crippen molar-refractivity contribution in [1.82, 2.24) is 0 Å². The predicted octanol–water partition coefficient (Wildman–Crippen LogP) is 1.63. The van der Waals surface area contributed by atoms with Gasteiger partial charge in [-0.25, -0.2) is 0 Å². The monoisotopic (exact) mass is 182 g/mol. The van der Waals surface area contributed by atoms with E-state index in [2.05, 4.69) is 13.1 Å². The van der Waals surface area contributed by atoms with Gasteiger partial charge >= 0.3 is 0 Å². The Morgan fingerprint density at radius 2 is 1.90 bits per heavy atom. The van der Waals surface area contributed by atoms with Crippen LogP contribution in [0.5, 0.6) is 0 Å². The van der Waals surface area contributed by atoms with Gasteiger partial charge in [0.25, 0.3) is 0 Å². The van der Waals surface area contributed by atoms with E-state index in [-0.39, 0.29) is 0 Å². The molecule has 0 rings (SSSR count). The van der Waals surface area contributed by atoms with Crippen LogP contribution in [-0.4, -0.2) is 34.1 Å². The van der Waals surface area contributed by atoms with Gasteiger partial charge in [0.15, 0.2) is 0 Å². The van der Waals surface area contributed by atoms with Gasteiger partial charge in [-0.15, -0.1) is 11.6 Å². The van der Waals surface area contributed by atoms with Crippen LogP contribution in [0.2, 0.25) is 13.1 Å². The van der Waals surface area contributed by atoms with Gasteiger partial charge in [-0.05, 0) is 13.1 Å². The molecule has 0 heterocycles. The smallest absolute Gasteiger partial charge is 0.201 e. The molecule has 0 bridgehead atoms. The number of rotatable bonds is 5. The molecule has 0 aromatic carbocycles. The summed E-state index contributed by atoms with van der Waals surface area (Å²) in [5.74, 6) is 0. The summed E-state index contributed by atoms with van der Waals surface area (Å²) in [6, 6.07) is 0. The quantitative estimate of drug-likeness (QED) is 0.366. The molecule has 10 heavy (non-hydrogen) atoms. The average Bonchev–Trinajstić information content (AvgIpc) is 1.89. The van der Waals surface area contributed by atoms with Gasteiger partial charge in [-0.2, -0.15) is 0 Å². The first kappa shape index (κ1) is 10.4. The van der Waals surface area contributed by atoms with E-state index in [4.69, 9.17) is 20.8 Å². The van der Waals surface area contributed by atoms with Crippen LogP contribution in [0, 0.1) is 0 Å². The average molecular weight is 183 g/mol. The maximum atomic E-state index is 5.67. The summed E-state index contributed by atoms with van der Waals surface area (Å²) in [6.07, 6.45) is 0. The second-order valence-electron chi connectivity index (χ2n) is 2.73. The van der Waals surface area contributed by atoms with Gasteiger partial charge in [0, 0.05) is 12.6 Å². The third-order valence-electron chi connectivity index (χ3n) is 1.10. The van der Waals surface area contributed by atoms with E-state index in [1.165, 1.54) is 0 Å². The molecular formula is C6H15ClO2Si. The minimum atomic E-state index is -1.53. The first-order valence-electron chi connectivity index (χ1n) is 3.31. The molecule has 0 aliphatic heterocycles. The van der Waals surface area contributed by atoms with Crippen LogP contribution in [0.15, 0.2) is 0 Å². The molecule has 0 saturated carbocycles. The van der Waals surface area contributed by atoms with Crippen LogP contribution >= 0.6 is 11.6 Å². The maximum absolute atomic E-state index is 5.67. The molecule has 0 aromatic heterocycles. The highest BCUT2D eigenvalue weighted by atomic mass is 35.5. The molecule has 0 radical (unpaired) electrons. The van der Waals surface area contributed by atoms with Crippen LogP contribution < -0.4 is 0 Å². The zero-order valence-corrected chi connectivity index (χ0v) is 8.57. The van der Waals surface area contributed by atoms with Gasteiger partial charge in [0.1, 0.15) is 0 Å². The molecule has 62 valence electrons. The Bertz CT molecular complexity index is 87.8. The lowest BCUT2D eigenvalue weighted by Gasteiger charge is -2.18. The first-order chi connectivity index (χ1) is 4.62. The van der Waals surface area contributed by atoms with Gasteiger partial charge in [-0.1, -0.05) is 0 Å². The van der Waals surface area contributed by atoms with Crippen molar-refractivity contribution in [2.75, 3.05) is 25.8 Å². The highest BCUT2D eigenvalue weighted by Gasteiger charge is 2.19. The van der Waals surface area contributed by atoms with Crippen LogP contribution in [0.1, 0.15) is 0 Å². The third-order valence-corrected chi connectivity index (χ3v) is 4.66. The standard InChI is InChI=1S/C6H15ClO2Si/c1-8-4-5-9-10(2,3)6-7/h4-6H2,1-3H3. The van der Waals surface area contributed by atoms with Crippen molar-refractivity contribution < 1.29 is 9.16 Å². The van der Waals surface area contributed by atoms with Crippen molar-refractivity contribution in [2.24, 2.45) is 0 Å². The highest BCUT2D eigenvalue weighted by Crippen LogP contribution is 2.05. The van der Waals surface area contributed by atoms with Crippen LogP contribution in [0.25, 0.3) is 0 Å². The van der Waals surface area contributed by atoms with Crippen molar-refractivity contribution in [3.05, 3.63) is 0 Å². The van der Waals surface area contributed by atoms with E-state index in [1.807, 2.05) is 0 Å². The summed E-state index contributed by atoms with van der Waals surface area (Å²) in [5.41, 5.74) is 0.650. The van der Waals surface area contributed by atoms with Crippen molar-refractivity contribution in [3.63, 3.8) is 0 Å². The molecule has 0 unspecified atom stereocenters. The Morgan fingerprint density at radius 1 is 1.30 bits per heavy atom. The Labute approximate surface area is 68.6 Å². The summed E-state index contributed by atoms with van der Waals surface area (Å²) in [6.45, 7) is 5.51. The van der Waals surface area contributed by atoms with E-state index < -0.39 is 8.32 Å². The third kappa shape index (κ3) is 5.23. The minimum Gasteiger partial charge on any atom is -0.414 e. The predicted molar refractivity (Wildman–Crippen MR) is 46.0 cm³/mol. The van der Waals surface area contributed by atoms with Gasteiger partial charge < -0.3 is 9.16 Å². The summed E-state index contributed by atoms with van der Waals surface area (Å²) in [5, 5.41) is 0. The lowest BCUT2D eigenvalue weighted by Crippen LogP contribution is -2.34. The molecule has 2 nitrogen and oxygen atoms in total. The number of methoxy groups -OCH3 is 1. The van der Waals surface area contributed by atoms with Crippen molar-refractivity contribution in [1.29, 1.82) is 0 Å². The first-order valence-corrected chi connectivity index (χ1v) is 6.96. The number of alkyl halides is 1. The Kier molecular flexibility index (Phi) is 5.35. The second-order valence-corrected chi connectivity index (χ2v) is 7.61. The van der Waals surface area contributed by atoms with Crippen molar-refractivity contribution in [3.8, 4) is 0 Å². The fourth-order valence-corrected chi connectivity index (χ4v) is 1.38. The molecule has 0 fully saturated rings. The van der Waals surface area contributed by atoms with Crippen LogP contribution in [0.4, 0.5) is 0 Å². The maximum Gasteiger partial charge on any atom is 0.201 e. The van der Waals surface area contributed by atoms with Crippen LogP contribution in [0.3, 0.4) is 0 Å². The van der Waals surface area contributed by atoms with Gasteiger partial charge in [-0.3, -0.25) is 0 Å². The van der Waals surface area contributed by atoms with E-state index in [0.717, 1.165) is 0 Å². The molecule has 4 heteroatoms.